The molecule has 5 heteroatoms. The number of nitrogens with one attached hydrogen (secondary N) is 1. The van der Waals surface area contributed by atoms with Gasteiger partial charge in [-0.25, -0.2) is 4.98 Å². The molecule has 110 valence electrons. The Bertz CT molecular complexity index is 635. The van der Waals surface area contributed by atoms with Gasteiger partial charge in [-0.05, 0) is 30.4 Å². The van der Waals surface area contributed by atoms with Gasteiger partial charge < -0.3 is 9.88 Å². The predicted molar refractivity (Wildman–Crippen MR) is 80.0 cm³/mol. The minimum Gasteiger partial charge on any atom is -0.352 e. The average Bonchev–Trinajstić information content (AvgIpc) is 3.00. The lowest BCUT2D eigenvalue weighted by Gasteiger charge is -2.23. The van der Waals surface area contributed by atoms with Gasteiger partial charge in [0.2, 0.25) is 0 Å². The van der Waals surface area contributed by atoms with E-state index in [2.05, 4.69) is 19.9 Å². The van der Waals surface area contributed by atoms with Crippen molar-refractivity contribution in [1.29, 1.82) is 0 Å². The Morgan fingerprint density at radius 2 is 2.38 bits per heavy atom. The van der Waals surface area contributed by atoms with Crippen molar-refractivity contribution in [3.8, 4) is 0 Å². The topological polar surface area (TPSA) is 59.8 Å². The van der Waals surface area contributed by atoms with E-state index in [4.69, 9.17) is 0 Å². The number of carbonyl (C=O) groups is 1. The fourth-order valence-electron chi connectivity index (χ4n) is 2.85. The molecule has 3 heterocycles. The maximum absolute atomic E-state index is 12.3. The van der Waals surface area contributed by atoms with E-state index in [-0.39, 0.29) is 5.91 Å². The van der Waals surface area contributed by atoms with Crippen LogP contribution in [0.2, 0.25) is 0 Å². The summed E-state index contributed by atoms with van der Waals surface area (Å²) in [6.45, 7) is 3.73. The summed E-state index contributed by atoms with van der Waals surface area (Å²) in [6.07, 6.45) is 10.1. The molecule has 0 saturated carbocycles. The van der Waals surface area contributed by atoms with Gasteiger partial charge in [-0.1, -0.05) is 6.92 Å². The quantitative estimate of drug-likeness (QED) is 0.932. The number of rotatable bonds is 4. The van der Waals surface area contributed by atoms with Crippen molar-refractivity contribution in [1.82, 2.24) is 19.9 Å². The molecule has 3 rings (SSSR count). The molecule has 0 radical (unpaired) electrons. The molecule has 0 aliphatic carbocycles. The number of aryl methyl sites for hydroxylation is 2. The largest absolute Gasteiger partial charge is 0.352 e. The number of amides is 1. The number of pyridine rings is 1. The fourth-order valence-corrected chi connectivity index (χ4v) is 2.85. The van der Waals surface area contributed by atoms with E-state index in [9.17, 15) is 4.79 Å². The summed E-state index contributed by atoms with van der Waals surface area (Å²) in [5, 5.41) is 3.06. The highest BCUT2D eigenvalue weighted by atomic mass is 16.1. The number of carbonyl (C=O) groups excluding carboxylic acids is 1. The maximum atomic E-state index is 12.3. The summed E-state index contributed by atoms with van der Waals surface area (Å²) in [5.41, 5.74) is 1.74. The molecule has 1 aliphatic rings. The fraction of sp³-hybridized carbons (Fsp3) is 0.438. The zero-order chi connectivity index (χ0) is 14.7. The van der Waals surface area contributed by atoms with Crippen molar-refractivity contribution in [2.75, 3.05) is 6.54 Å². The van der Waals surface area contributed by atoms with Crippen LogP contribution in [0.15, 0.2) is 30.9 Å². The molecule has 1 atom stereocenters. The van der Waals surface area contributed by atoms with Crippen LogP contribution in [-0.2, 0) is 19.4 Å². The van der Waals surface area contributed by atoms with Gasteiger partial charge in [-0.2, -0.15) is 0 Å². The second-order valence-electron chi connectivity index (χ2n) is 5.49. The monoisotopic (exact) mass is 284 g/mol. The maximum Gasteiger partial charge on any atom is 0.251 e. The number of imidazole rings is 1. The van der Waals surface area contributed by atoms with E-state index in [1.54, 1.807) is 18.5 Å². The average molecular weight is 284 g/mol. The minimum absolute atomic E-state index is 0.00293. The van der Waals surface area contributed by atoms with E-state index >= 15 is 0 Å². The Kier molecular flexibility index (Phi) is 3.99. The summed E-state index contributed by atoms with van der Waals surface area (Å²) in [6, 6.07) is 1.79. The molecule has 0 unspecified atom stereocenters. The van der Waals surface area contributed by atoms with Crippen molar-refractivity contribution in [3.63, 3.8) is 0 Å². The first-order valence-electron chi connectivity index (χ1n) is 7.49. The number of aromatic nitrogens is 3. The Morgan fingerprint density at radius 3 is 3.24 bits per heavy atom. The summed E-state index contributed by atoms with van der Waals surface area (Å²) < 4.78 is 2.19. The van der Waals surface area contributed by atoms with Gasteiger partial charge in [0, 0.05) is 49.9 Å². The first kappa shape index (κ1) is 13.8. The van der Waals surface area contributed by atoms with Crippen LogP contribution < -0.4 is 5.32 Å². The molecule has 0 bridgehead atoms. The lowest BCUT2D eigenvalue weighted by atomic mass is 9.97. The Balaban J connectivity index is 1.59. The van der Waals surface area contributed by atoms with Crippen LogP contribution >= 0.6 is 0 Å². The summed E-state index contributed by atoms with van der Waals surface area (Å²) in [5.74, 6) is 1.59. The standard InChI is InChI=1S/C16H20N4O/c1-2-13-11-17-5-3-14(13)16(21)19-10-12-4-7-20-8-6-18-15(20)9-12/h3,5-6,8,11-12H,2,4,7,9-10H2,1H3,(H,19,21)/t12-/m1/s1. The second-order valence-corrected chi connectivity index (χ2v) is 5.49. The van der Waals surface area contributed by atoms with Crippen LogP contribution in [0.1, 0.15) is 35.1 Å². The van der Waals surface area contributed by atoms with Gasteiger partial charge in [0.25, 0.3) is 5.91 Å². The van der Waals surface area contributed by atoms with E-state index < -0.39 is 0 Å². The normalized spacial score (nSPS) is 17.3. The summed E-state index contributed by atoms with van der Waals surface area (Å²) >= 11 is 0. The molecule has 0 aromatic carbocycles. The van der Waals surface area contributed by atoms with Crippen LogP contribution in [0, 0.1) is 5.92 Å². The number of nitrogens with zero attached hydrogens (tertiary/aromatic N) is 3. The van der Waals surface area contributed by atoms with E-state index in [1.807, 2.05) is 19.3 Å². The Morgan fingerprint density at radius 1 is 1.48 bits per heavy atom. The lowest BCUT2D eigenvalue weighted by molar-refractivity contribution is 0.0943. The third-order valence-electron chi connectivity index (χ3n) is 4.13. The van der Waals surface area contributed by atoms with Gasteiger partial charge in [0.1, 0.15) is 5.82 Å². The number of fused-ring (bicyclic) bond motifs is 1. The van der Waals surface area contributed by atoms with Crippen molar-refractivity contribution in [2.45, 2.75) is 32.7 Å². The third-order valence-corrected chi connectivity index (χ3v) is 4.13. The molecular formula is C16H20N4O. The first-order valence-corrected chi connectivity index (χ1v) is 7.49. The van der Waals surface area contributed by atoms with Crippen molar-refractivity contribution in [3.05, 3.63) is 47.8 Å². The highest BCUT2D eigenvalue weighted by molar-refractivity contribution is 5.95. The zero-order valence-electron chi connectivity index (χ0n) is 12.2. The molecule has 21 heavy (non-hydrogen) atoms. The summed E-state index contributed by atoms with van der Waals surface area (Å²) in [7, 11) is 0. The summed E-state index contributed by atoms with van der Waals surface area (Å²) in [4.78, 5) is 20.7. The number of hydrogen-bond donors (Lipinski definition) is 1. The molecule has 2 aromatic rings. The number of hydrogen-bond acceptors (Lipinski definition) is 3. The van der Waals surface area contributed by atoms with Crippen LogP contribution in [0.5, 0.6) is 0 Å². The minimum atomic E-state index is 0.00293. The van der Waals surface area contributed by atoms with Crippen LogP contribution in [0.25, 0.3) is 0 Å². The van der Waals surface area contributed by atoms with Gasteiger partial charge in [0.15, 0.2) is 0 Å². The van der Waals surface area contributed by atoms with E-state index in [0.717, 1.165) is 42.8 Å². The Hall–Kier alpha value is -2.17. The van der Waals surface area contributed by atoms with Crippen LogP contribution in [0.3, 0.4) is 0 Å². The highest BCUT2D eigenvalue weighted by Gasteiger charge is 2.20. The van der Waals surface area contributed by atoms with Gasteiger partial charge in [-0.15, -0.1) is 0 Å². The SMILES string of the molecule is CCc1cnccc1C(=O)NC[C@@H]1CCn2ccnc2C1. The van der Waals surface area contributed by atoms with Crippen molar-refractivity contribution < 1.29 is 4.79 Å². The van der Waals surface area contributed by atoms with Crippen LogP contribution in [0.4, 0.5) is 0 Å². The highest BCUT2D eigenvalue weighted by Crippen LogP contribution is 2.18. The molecule has 0 fully saturated rings. The predicted octanol–water partition coefficient (Wildman–Crippen LogP) is 1.83. The molecule has 5 nitrogen and oxygen atoms in total. The Labute approximate surface area is 124 Å². The third kappa shape index (κ3) is 2.96. The first-order chi connectivity index (χ1) is 10.3. The van der Waals surface area contributed by atoms with Gasteiger partial charge in [-0.3, -0.25) is 9.78 Å². The second kappa shape index (κ2) is 6.08. The zero-order valence-corrected chi connectivity index (χ0v) is 12.2. The molecule has 1 aliphatic heterocycles. The van der Waals surface area contributed by atoms with Gasteiger partial charge in [0.05, 0.1) is 0 Å². The smallest absolute Gasteiger partial charge is 0.251 e. The molecular weight excluding hydrogens is 264 g/mol. The van der Waals surface area contributed by atoms with Crippen LogP contribution in [-0.4, -0.2) is 27.0 Å². The van der Waals surface area contributed by atoms with Crippen molar-refractivity contribution in [2.24, 2.45) is 5.92 Å². The lowest BCUT2D eigenvalue weighted by Crippen LogP contribution is -2.33. The van der Waals surface area contributed by atoms with E-state index in [1.165, 1.54) is 0 Å². The molecule has 1 N–H and O–H groups in total. The molecule has 0 spiro atoms. The van der Waals surface area contributed by atoms with Gasteiger partial charge >= 0.3 is 0 Å². The molecule has 0 saturated heterocycles. The van der Waals surface area contributed by atoms with E-state index in [0.29, 0.717) is 12.5 Å². The molecule has 1 amide bonds. The van der Waals surface area contributed by atoms with Crippen molar-refractivity contribution >= 4 is 5.91 Å². The molecule has 2 aromatic heterocycles.